The molecule has 1 aliphatic carbocycles. The molecule has 1 aliphatic heterocycles. The number of rotatable bonds is 4. The van der Waals surface area contributed by atoms with Crippen molar-refractivity contribution in [1.82, 2.24) is 10.2 Å². The predicted octanol–water partition coefficient (Wildman–Crippen LogP) is 2.89. The Kier molecular flexibility index (Phi) is 5.79. The van der Waals surface area contributed by atoms with Crippen molar-refractivity contribution in [3.05, 3.63) is 0 Å². The molecule has 0 radical (unpaired) electrons. The molecule has 1 atom stereocenters. The third-order valence-electron chi connectivity index (χ3n) is 4.45. The maximum atomic E-state index is 3.53. The molecule has 1 heterocycles. The van der Waals surface area contributed by atoms with E-state index in [4.69, 9.17) is 0 Å². The summed E-state index contributed by atoms with van der Waals surface area (Å²) in [5, 5.41) is 3.53. The Hall–Kier alpha value is -0.0800. The summed E-state index contributed by atoms with van der Waals surface area (Å²) in [6.07, 6.45) is 10.3. The summed E-state index contributed by atoms with van der Waals surface area (Å²) < 4.78 is 0. The lowest BCUT2D eigenvalue weighted by atomic mass is 10.0. The minimum absolute atomic E-state index is 0.821. The van der Waals surface area contributed by atoms with Crippen LogP contribution in [0.2, 0.25) is 0 Å². The molecule has 2 nitrogen and oxygen atoms in total. The lowest BCUT2D eigenvalue weighted by Gasteiger charge is -2.28. The topological polar surface area (TPSA) is 15.3 Å². The molecule has 17 heavy (non-hydrogen) atoms. The van der Waals surface area contributed by atoms with Gasteiger partial charge < -0.3 is 10.2 Å². The van der Waals surface area contributed by atoms with Crippen molar-refractivity contribution in [2.75, 3.05) is 32.7 Å². The number of hydrogen-bond donors (Lipinski definition) is 1. The van der Waals surface area contributed by atoms with Gasteiger partial charge in [-0.1, -0.05) is 32.6 Å². The minimum Gasteiger partial charge on any atom is -0.316 e. The highest BCUT2D eigenvalue weighted by atomic mass is 15.1. The second-order valence-electron chi connectivity index (χ2n) is 6.26. The van der Waals surface area contributed by atoms with E-state index in [1.165, 1.54) is 77.7 Å². The summed E-state index contributed by atoms with van der Waals surface area (Å²) in [6, 6.07) is 0. The van der Waals surface area contributed by atoms with Crippen LogP contribution in [0.4, 0.5) is 0 Å². The zero-order valence-corrected chi connectivity index (χ0v) is 11.6. The SMILES string of the molecule is CC1CNCCCN(CCCC2CCCC2)C1. The molecule has 2 heteroatoms. The van der Waals surface area contributed by atoms with Gasteiger partial charge in [0.05, 0.1) is 0 Å². The highest BCUT2D eigenvalue weighted by molar-refractivity contribution is 4.71. The fourth-order valence-electron chi connectivity index (χ4n) is 3.48. The fraction of sp³-hybridized carbons (Fsp3) is 1.00. The first-order valence-corrected chi connectivity index (χ1v) is 7.77. The Bertz CT molecular complexity index is 199. The standard InChI is InChI=1S/C15H30N2/c1-14-12-16-9-5-11-17(13-14)10-4-8-15-6-2-3-7-15/h14-16H,2-13H2,1H3. The van der Waals surface area contributed by atoms with Gasteiger partial charge in [0, 0.05) is 6.54 Å². The number of nitrogens with one attached hydrogen (secondary N) is 1. The molecule has 1 saturated heterocycles. The highest BCUT2D eigenvalue weighted by Crippen LogP contribution is 2.28. The maximum absolute atomic E-state index is 3.53. The van der Waals surface area contributed by atoms with Crippen molar-refractivity contribution in [3.63, 3.8) is 0 Å². The largest absolute Gasteiger partial charge is 0.316 e. The second kappa shape index (κ2) is 7.38. The summed E-state index contributed by atoms with van der Waals surface area (Å²) in [6.45, 7) is 8.76. The van der Waals surface area contributed by atoms with Crippen molar-refractivity contribution in [2.45, 2.75) is 51.9 Å². The van der Waals surface area contributed by atoms with E-state index < -0.39 is 0 Å². The van der Waals surface area contributed by atoms with Crippen LogP contribution in [0.15, 0.2) is 0 Å². The normalized spacial score (nSPS) is 29.1. The molecule has 2 aliphatic rings. The van der Waals surface area contributed by atoms with Gasteiger partial charge >= 0.3 is 0 Å². The lowest BCUT2D eigenvalue weighted by Crippen LogP contribution is -2.39. The van der Waals surface area contributed by atoms with Crippen LogP contribution in [0.5, 0.6) is 0 Å². The van der Waals surface area contributed by atoms with Gasteiger partial charge in [-0.25, -0.2) is 0 Å². The van der Waals surface area contributed by atoms with Crippen LogP contribution >= 0.6 is 0 Å². The molecule has 0 aromatic carbocycles. The fourth-order valence-corrected chi connectivity index (χ4v) is 3.48. The van der Waals surface area contributed by atoms with Gasteiger partial charge in [-0.05, 0) is 57.3 Å². The molecule has 0 spiro atoms. The number of hydrogen-bond acceptors (Lipinski definition) is 2. The Morgan fingerprint density at radius 1 is 1.18 bits per heavy atom. The molecule has 1 unspecified atom stereocenters. The monoisotopic (exact) mass is 238 g/mol. The van der Waals surface area contributed by atoms with E-state index in [-0.39, 0.29) is 0 Å². The van der Waals surface area contributed by atoms with E-state index in [1.807, 2.05) is 0 Å². The molecule has 100 valence electrons. The van der Waals surface area contributed by atoms with Crippen LogP contribution in [0, 0.1) is 11.8 Å². The van der Waals surface area contributed by atoms with Gasteiger partial charge in [0.15, 0.2) is 0 Å². The van der Waals surface area contributed by atoms with Crippen LogP contribution < -0.4 is 5.32 Å². The molecule has 1 N–H and O–H groups in total. The quantitative estimate of drug-likeness (QED) is 0.810. The van der Waals surface area contributed by atoms with E-state index >= 15 is 0 Å². The smallest absolute Gasteiger partial charge is 0.00191 e. The van der Waals surface area contributed by atoms with Gasteiger partial charge in [-0.15, -0.1) is 0 Å². The van der Waals surface area contributed by atoms with Gasteiger partial charge in [0.25, 0.3) is 0 Å². The first-order valence-electron chi connectivity index (χ1n) is 7.77. The summed E-state index contributed by atoms with van der Waals surface area (Å²) in [4.78, 5) is 2.71. The minimum atomic E-state index is 0.821. The van der Waals surface area contributed by atoms with E-state index in [9.17, 15) is 0 Å². The molecule has 0 amide bonds. The Morgan fingerprint density at radius 2 is 2.00 bits per heavy atom. The summed E-state index contributed by atoms with van der Waals surface area (Å²) in [7, 11) is 0. The van der Waals surface area contributed by atoms with Crippen LogP contribution in [0.3, 0.4) is 0 Å². The van der Waals surface area contributed by atoms with Crippen LogP contribution in [0.25, 0.3) is 0 Å². The van der Waals surface area contributed by atoms with Gasteiger partial charge in [0.1, 0.15) is 0 Å². The van der Waals surface area contributed by atoms with E-state index in [0.29, 0.717) is 0 Å². The van der Waals surface area contributed by atoms with Gasteiger partial charge in [-0.2, -0.15) is 0 Å². The van der Waals surface area contributed by atoms with Crippen LogP contribution in [0.1, 0.15) is 51.9 Å². The average Bonchev–Trinajstić information content (AvgIpc) is 2.78. The molecule has 2 rings (SSSR count). The number of nitrogens with zero attached hydrogens (tertiary/aromatic N) is 1. The zero-order chi connectivity index (χ0) is 11.9. The van der Waals surface area contributed by atoms with Crippen LogP contribution in [-0.4, -0.2) is 37.6 Å². The van der Waals surface area contributed by atoms with Gasteiger partial charge in [-0.3, -0.25) is 0 Å². The van der Waals surface area contributed by atoms with Crippen molar-refractivity contribution in [3.8, 4) is 0 Å². The van der Waals surface area contributed by atoms with Crippen molar-refractivity contribution in [2.24, 2.45) is 11.8 Å². The first-order chi connectivity index (χ1) is 8.34. The third kappa shape index (κ3) is 4.97. The maximum Gasteiger partial charge on any atom is 0.00191 e. The first kappa shape index (κ1) is 13.4. The highest BCUT2D eigenvalue weighted by Gasteiger charge is 2.16. The Labute approximate surface area is 107 Å². The van der Waals surface area contributed by atoms with Gasteiger partial charge in [0.2, 0.25) is 0 Å². The molecule has 2 fully saturated rings. The summed E-state index contributed by atoms with van der Waals surface area (Å²) in [5.41, 5.74) is 0. The Morgan fingerprint density at radius 3 is 2.82 bits per heavy atom. The molecular formula is C15H30N2. The summed E-state index contributed by atoms with van der Waals surface area (Å²) >= 11 is 0. The third-order valence-corrected chi connectivity index (χ3v) is 4.45. The Balaban J connectivity index is 1.61. The molecule has 0 bridgehead atoms. The zero-order valence-electron chi connectivity index (χ0n) is 11.6. The molecule has 0 aromatic heterocycles. The van der Waals surface area contributed by atoms with Crippen LogP contribution in [-0.2, 0) is 0 Å². The second-order valence-corrected chi connectivity index (χ2v) is 6.26. The average molecular weight is 238 g/mol. The van der Waals surface area contributed by atoms with Crippen molar-refractivity contribution < 1.29 is 0 Å². The molecular weight excluding hydrogens is 208 g/mol. The van der Waals surface area contributed by atoms with E-state index in [1.54, 1.807) is 0 Å². The lowest BCUT2D eigenvalue weighted by molar-refractivity contribution is 0.209. The van der Waals surface area contributed by atoms with E-state index in [2.05, 4.69) is 17.1 Å². The molecule has 1 saturated carbocycles. The van der Waals surface area contributed by atoms with E-state index in [0.717, 1.165) is 11.8 Å². The van der Waals surface area contributed by atoms with Crippen molar-refractivity contribution in [1.29, 1.82) is 0 Å². The predicted molar refractivity (Wildman–Crippen MR) is 74.3 cm³/mol. The molecule has 0 aromatic rings. The van der Waals surface area contributed by atoms with Crippen molar-refractivity contribution >= 4 is 0 Å². The summed E-state index contributed by atoms with van der Waals surface area (Å²) in [5.74, 6) is 1.89.